The number of hydrogen-bond acceptors (Lipinski definition) is 7. The number of halogens is 8. The third kappa shape index (κ3) is 15.7. The molecule has 0 saturated heterocycles. The van der Waals surface area contributed by atoms with Crippen molar-refractivity contribution in [3.63, 3.8) is 0 Å². The quantitative estimate of drug-likeness (QED) is 0.0229. The van der Waals surface area contributed by atoms with Crippen molar-refractivity contribution in [3.8, 4) is 0 Å². The van der Waals surface area contributed by atoms with E-state index in [-0.39, 0.29) is 11.6 Å². The third-order valence-electron chi connectivity index (χ3n) is 7.76. The molecule has 17 heteroatoms. The van der Waals surface area contributed by atoms with Crippen molar-refractivity contribution >= 4 is 75.0 Å². The lowest BCUT2D eigenvalue weighted by Crippen LogP contribution is -2.74. The van der Waals surface area contributed by atoms with Gasteiger partial charge in [-0.2, -0.15) is 0 Å². The first-order chi connectivity index (χ1) is 27.9. The van der Waals surface area contributed by atoms with Gasteiger partial charge in [0.05, 0.1) is 17.6 Å². The molecule has 0 bridgehead atoms. The minimum atomic E-state index is -6.00. The molecule has 0 amide bonds. The van der Waals surface area contributed by atoms with Gasteiger partial charge in [0.1, 0.15) is 11.6 Å². The molecule has 0 saturated carbocycles. The molecule has 0 atom stereocenters. The van der Waals surface area contributed by atoms with Gasteiger partial charge >= 0.3 is 7.25 Å². The molecular weight excluding hydrogens is 804 g/mol. The molecule has 0 unspecified atom stereocenters. The fourth-order valence-electron chi connectivity index (χ4n) is 5.35. The first kappa shape index (κ1) is 46.8. The second kappa shape index (κ2) is 24.2. The van der Waals surface area contributed by atoms with E-state index in [0.717, 1.165) is 69.9 Å². The monoisotopic (exact) mass is 844 g/mol. The molecule has 0 aliphatic carbocycles. The van der Waals surface area contributed by atoms with E-state index < -0.39 is 7.25 Å². The van der Waals surface area contributed by atoms with Gasteiger partial charge in [0, 0.05) is 89.2 Å². The number of aromatic nitrogens is 2. The van der Waals surface area contributed by atoms with Gasteiger partial charge in [0.15, 0.2) is 6.54 Å². The molecule has 0 fully saturated rings. The molecule has 306 valence electrons. The average Bonchev–Trinajstić information content (AvgIpc) is 3.21. The summed E-state index contributed by atoms with van der Waals surface area (Å²) in [6.07, 6.45) is 9.29. The average molecular weight is 846 g/mol. The van der Waals surface area contributed by atoms with Crippen LogP contribution in [0, 0.1) is 11.6 Å². The van der Waals surface area contributed by atoms with Crippen LogP contribution >= 0.6 is 23.2 Å². The maximum atomic E-state index is 13.8. The number of nitrogens with one attached hydrogen (secondary N) is 4. The summed E-state index contributed by atoms with van der Waals surface area (Å²) < 4.78 is 66.6. The van der Waals surface area contributed by atoms with Gasteiger partial charge in [-0.05, 0) is 96.6 Å². The van der Waals surface area contributed by atoms with Crippen LogP contribution in [-0.2, 0) is 0 Å². The van der Waals surface area contributed by atoms with Crippen LogP contribution in [0.3, 0.4) is 0 Å². The van der Waals surface area contributed by atoms with E-state index >= 15 is 0 Å². The summed E-state index contributed by atoms with van der Waals surface area (Å²) in [6, 6.07) is 27.8. The normalized spacial score (nSPS) is 11.5. The number of fused-ring (bicyclic) bond motifs is 2. The van der Waals surface area contributed by atoms with Gasteiger partial charge in [0.2, 0.25) is 5.71 Å². The summed E-state index contributed by atoms with van der Waals surface area (Å²) in [7, 11) is -4.00. The summed E-state index contributed by atoms with van der Waals surface area (Å²) in [5.41, 5.74) is 6.84. The Labute approximate surface area is 342 Å². The fraction of sp³-hybridized carbons (Fsp3) is 0.146. The first-order valence-corrected chi connectivity index (χ1v) is 18.3. The van der Waals surface area contributed by atoms with Crippen molar-refractivity contribution in [1.29, 1.82) is 0 Å². The van der Waals surface area contributed by atoms with Crippen LogP contribution in [0.5, 0.6) is 0 Å². The van der Waals surface area contributed by atoms with Crippen LogP contribution < -0.4 is 20.9 Å². The maximum absolute atomic E-state index is 13.8. The third-order valence-corrected chi connectivity index (χ3v) is 8.23. The van der Waals surface area contributed by atoms with Crippen LogP contribution in [0.1, 0.15) is 11.1 Å². The van der Waals surface area contributed by atoms with Crippen LogP contribution in [-0.4, -0.2) is 73.5 Å². The summed E-state index contributed by atoms with van der Waals surface area (Å²) in [5, 5.41) is 27.6. The number of allylic oxidation sites excluding steroid dienone is 3. The number of nitrogens with zero attached hydrogens (tertiary/aromatic N) is 2. The van der Waals surface area contributed by atoms with Crippen molar-refractivity contribution in [1.82, 2.24) is 15.3 Å². The molecule has 4 aromatic carbocycles. The molecule has 58 heavy (non-hydrogen) atoms. The highest BCUT2D eigenvalue weighted by Crippen LogP contribution is 2.25. The molecule has 0 aliphatic heterocycles. The molecule has 6 N–H and O–H groups in total. The fourth-order valence-corrected chi connectivity index (χ4v) is 5.69. The zero-order chi connectivity index (χ0) is 42.5. The van der Waals surface area contributed by atoms with Crippen LogP contribution in [0.4, 0.5) is 37.4 Å². The van der Waals surface area contributed by atoms with E-state index in [2.05, 4.69) is 30.9 Å². The molecule has 0 spiro atoms. The Hall–Kier alpha value is -5.61. The number of anilines is 2. The smallest absolute Gasteiger partial charge is 0.418 e. The number of benzene rings is 4. The van der Waals surface area contributed by atoms with E-state index in [1.54, 1.807) is 36.7 Å². The second-order valence-electron chi connectivity index (χ2n) is 11.6. The lowest BCUT2D eigenvalue weighted by molar-refractivity contribution is -0.451. The van der Waals surface area contributed by atoms with Gasteiger partial charge in [-0.1, -0.05) is 41.4 Å². The molecule has 8 nitrogen and oxygen atoms in total. The Morgan fingerprint density at radius 2 is 1.12 bits per heavy atom. The van der Waals surface area contributed by atoms with Gasteiger partial charge in [-0.15, -0.1) is 0 Å². The number of aliphatic hydroxyl groups excluding tert-OH is 2. The van der Waals surface area contributed by atoms with Crippen molar-refractivity contribution in [2.75, 3.05) is 51.0 Å². The standard InChI is InChI=1S/C39H32Cl2F2N6.2CH4O.BF4/c40-28-8-14-32-36(16-18-44-38(32)24-28)48-22-20-46-34(26-4-10-30(42)11-5-26)2-1-3-35(27-6-12-31(43)13-7-27)47-21-23-49-37-17-19-45-39-25-29(41)9-15-33(37)39;2*1-2;2-1(3,4)5/h1-19,24-25,46H,20-23H2,(H,44,48)(H,45,49);2*2H,1H3;/q;;;-1/p+1/b3-1+,34-2+,47-35?;;;. The summed E-state index contributed by atoms with van der Waals surface area (Å²) in [6.45, 7) is 2.40. The SMILES string of the molecule is CO.CO.F[B-](F)(F)F.Fc1ccc(C(/C=C/C=C(/NCCNc2ccnc3cc(Cl)ccc23)c2ccc(F)cc2)=[NH+]CCNc2ccnc3cc(Cl)ccc23)cc1. The van der Waals surface area contributed by atoms with Crippen LogP contribution in [0.2, 0.25) is 10.0 Å². The van der Waals surface area contributed by atoms with Crippen molar-refractivity contribution in [2.45, 2.75) is 0 Å². The maximum Gasteiger partial charge on any atom is 0.673 e. The Morgan fingerprint density at radius 1 is 0.655 bits per heavy atom. The van der Waals surface area contributed by atoms with Crippen molar-refractivity contribution in [3.05, 3.63) is 160 Å². The van der Waals surface area contributed by atoms with Gasteiger partial charge < -0.3 is 43.4 Å². The summed E-state index contributed by atoms with van der Waals surface area (Å²) in [4.78, 5) is 12.3. The Bertz CT molecular complexity index is 2270. The van der Waals surface area contributed by atoms with Crippen molar-refractivity contribution in [2.24, 2.45) is 0 Å². The molecule has 2 heterocycles. The van der Waals surface area contributed by atoms with E-state index in [1.807, 2.05) is 66.8 Å². The largest absolute Gasteiger partial charge is 0.673 e. The molecular formula is C41H41BCl2F6N6O2. The van der Waals surface area contributed by atoms with Crippen molar-refractivity contribution < 1.29 is 41.2 Å². The second-order valence-corrected chi connectivity index (χ2v) is 12.5. The zero-order valence-electron chi connectivity index (χ0n) is 31.3. The Morgan fingerprint density at radius 3 is 1.62 bits per heavy atom. The zero-order valence-corrected chi connectivity index (χ0v) is 32.9. The summed E-state index contributed by atoms with van der Waals surface area (Å²) >= 11 is 12.3. The molecule has 0 aliphatic rings. The number of rotatable bonds is 13. The topological polar surface area (TPSA) is 116 Å². The highest BCUT2D eigenvalue weighted by atomic mass is 35.5. The van der Waals surface area contributed by atoms with Crippen LogP contribution in [0.15, 0.2) is 128 Å². The Balaban J connectivity index is 0.000000917. The lowest BCUT2D eigenvalue weighted by Gasteiger charge is -2.13. The molecule has 6 rings (SSSR count). The Kier molecular flexibility index (Phi) is 19.5. The van der Waals surface area contributed by atoms with E-state index in [4.69, 9.17) is 33.4 Å². The lowest BCUT2D eigenvalue weighted by atomic mass is 10.1. The summed E-state index contributed by atoms with van der Waals surface area (Å²) in [5.74, 6) is -0.614. The highest BCUT2D eigenvalue weighted by molar-refractivity contribution is 6.50. The molecule has 2 aromatic heterocycles. The van der Waals surface area contributed by atoms with Gasteiger partial charge in [0.25, 0.3) is 0 Å². The minimum Gasteiger partial charge on any atom is -0.418 e. The minimum absolute atomic E-state index is 0.307. The number of pyridine rings is 2. The van der Waals surface area contributed by atoms with Gasteiger partial charge in [-0.25, -0.2) is 13.8 Å². The number of hydrogen-bond donors (Lipinski definition) is 6. The van der Waals surface area contributed by atoms with E-state index in [9.17, 15) is 26.0 Å². The van der Waals surface area contributed by atoms with Gasteiger partial charge in [-0.3, -0.25) is 9.97 Å². The van der Waals surface area contributed by atoms with Crippen LogP contribution in [0.25, 0.3) is 27.5 Å². The predicted octanol–water partition coefficient (Wildman–Crippen LogP) is 8.17. The van der Waals surface area contributed by atoms with E-state index in [0.29, 0.717) is 36.2 Å². The number of aliphatic hydroxyl groups is 2. The predicted molar refractivity (Wildman–Crippen MR) is 225 cm³/mol. The molecule has 6 aromatic rings. The molecule has 0 radical (unpaired) electrons. The highest BCUT2D eigenvalue weighted by Gasteiger charge is 2.20. The van der Waals surface area contributed by atoms with E-state index in [1.165, 1.54) is 24.3 Å². The first-order valence-electron chi connectivity index (χ1n) is 17.5.